The van der Waals surface area contributed by atoms with E-state index in [4.69, 9.17) is 16.3 Å². The minimum Gasteiger partial charge on any atom is -0.504 e. The van der Waals surface area contributed by atoms with Gasteiger partial charge in [-0.25, -0.2) is 4.99 Å². The molecule has 1 saturated heterocycles. The predicted octanol–water partition coefficient (Wildman–Crippen LogP) is 3.95. The Kier molecular flexibility index (Phi) is 4.78. The normalized spacial score (nSPS) is 17.3. The van der Waals surface area contributed by atoms with Crippen LogP contribution < -0.4 is 10.1 Å². The van der Waals surface area contributed by atoms with Crippen molar-refractivity contribution in [2.24, 2.45) is 4.99 Å². The lowest BCUT2D eigenvalue weighted by molar-refractivity contribution is -0.115. The molecule has 0 aromatic heterocycles. The van der Waals surface area contributed by atoms with E-state index >= 15 is 0 Å². The van der Waals surface area contributed by atoms with Crippen LogP contribution in [0.5, 0.6) is 11.5 Å². The monoisotopic (exact) mass is 360 g/mol. The molecular weight excluding hydrogens is 348 g/mol. The van der Waals surface area contributed by atoms with E-state index < -0.39 is 0 Å². The summed E-state index contributed by atoms with van der Waals surface area (Å²) in [7, 11) is 1.47. The van der Waals surface area contributed by atoms with E-state index in [1.807, 2.05) is 12.1 Å². The van der Waals surface area contributed by atoms with Crippen molar-refractivity contribution in [2.45, 2.75) is 0 Å². The van der Waals surface area contributed by atoms with Crippen LogP contribution in [0, 0.1) is 0 Å². The fraction of sp³-hybridized carbons (Fsp3) is 0.0588. The van der Waals surface area contributed by atoms with Crippen molar-refractivity contribution in [2.75, 3.05) is 7.11 Å². The number of thioether (sulfide) groups is 1. The predicted molar refractivity (Wildman–Crippen MR) is 96.9 cm³/mol. The number of nitrogens with zero attached hydrogens (tertiary/aromatic N) is 1. The number of aromatic hydroxyl groups is 1. The van der Waals surface area contributed by atoms with Crippen LogP contribution >= 0.6 is 23.4 Å². The third kappa shape index (κ3) is 3.55. The van der Waals surface area contributed by atoms with Crippen LogP contribution in [-0.2, 0) is 4.79 Å². The first kappa shape index (κ1) is 16.4. The molecule has 7 heteroatoms. The summed E-state index contributed by atoms with van der Waals surface area (Å²) in [4.78, 5) is 16.9. The number of rotatable bonds is 3. The number of ether oxygens (including phenoxy) is 1. The highest BCUT2D eigenvalue weighted by Gasteiger charge is 2.24. The summed E-state index contributed by atoms with van der Waals surface area (Å²) in [5.41, 5.74) is 1.33. The van der Waals surface area contributed by atoms with Gasteiger partial charge >= 0.3 is 0 Å². The third-order valence-electron chi connectivity index (χ3n) is 3.23. The lowest BCUT2D eigenvalue weighted by Gasteiger charge is -2.03. The van der Waals surface area contributed by atoms with E-state index in [1.54, 1.807) is 30.3 Å². The van der Waals surface area contributed by atoms with Crippen molar-refractivity contribution in [1.82, 2.24) is 5.32 Å². The standard InChI is InChI=1S/C17H13ClN2O3S/c1-23-14-8-10(6-7-13(14)21)9-15-16(22)20-17(24-15)19-12-5-3-2-4-11(12)18/h2-9,21H,1H3,(H,19,20,22)/b15-9+. The second-order valence-electron chi connectivity index (χ2n) is 4.86. The van der Waals surface area contributed by atoms with Crippen LogP contribution in [0.2, 0.25) is 5.02 Å². The molecule has 1 fully saturated rings. The van der Waals surface area contributed by atoms with Gasteiger partial charge in [-0.1, -0.05) is 29.8 Å². The fourth-order valence-corrected chi connectivity index (χ4v) is 3.08. The maximum Gasteiger partial charge on any atom is 0.264 e. The van der Waals surface area contributed by atoms with E-state index in [0.29, 0.717) is 26.5 Å². The molecule has 1 aliphatic rings. The smallest absolute Gasteiger partial charge is 0.264 e. The molecule has 2 aromatic rings. The molecule has 2 N–H and O–H groups in total. The van der Waals surface area contributed by atoms with Gasteiger partial charge in [0, 0.05) is 0 Å². The average molecular weight is 361 g/mol. The molecule has 0 bridgehead atoms. The second-order valence-corrected chi connectivity index (χ2v) is 6.30. The maximum atomic E-state index is 12.1. The number of amidine groups is 1. The minimum atomic E-state index is -0.238. The Labute approximate surface area is 148 Å². The van der Waals surface area contributed by atoms with Crippen LogP contribution in [-0.4, -0.2) is 23.3 Å². The van der Waals surface area contributed by atoms with Crippen molar-refractivity contribution in [3.8, 4) is 11.5 Å². The zero-order valence-corrected chi connectivity index (χ0v) is 14.2. The number of aliphatic imine (C=N–C) groups is 1. The van der Waals surface area contributed by atoms with Crippen LogP contribution in [0.3, 0.4) is 0 Å². The van der Waals surface area contributed by atoms with Crippen LogP contribution in [0.15, 0.2) is 52.4 Å². The number of carbonyl (C=O) groups is 1. The number of hydrogen-bond acceptors (Lipinski definition) is 5. The Bertz CT molecular complexity index is 865. The van der Waals surface area contributed by atoms with Gasteiger partial charge in [0.05, 0.1) is 22.7 Å². The Morgan fingerprint density at radius 3 is 2.83 bits per heavy atom. The molecule has 0 atom stereocenters. The van der Waals surface area contributed by atoms with Crippen LogP contribution in [0.4, 0.5) is 5.69 Å². The first-order chi connectivity index (χ1) is 11.6. The topological polar surface area (TPSA) is 70.9 Å². The van der Waals surface area contributed by atoms with Gasteiger partial charge in [-0.2, -0.15) is 0 Å². The first-order valence-electron chi connectivity index (χ1n) is 6.98. The fourth-order valence-electron chi connectivity index (χ4n) is 2.07. The summed E-state index contributed by atoms with van der Waals surface area (Å²) in [6.45, 7) is 0. The number of benzene rings is 2. The maximum absolute atomic E-state index is 12.1. The molecule has 24 heavy (non-hydrogen) atoms. The Morgan fingerprint density at radius 1 is 1.29 bits per heavy atom. The Balaban J connectivity index is 1.86. The number of methoxy groups -OCH3 is 1. The molecule has 0 saturated carbocycles. The molecule has 1 aliphatic heterocycles. The largest absolute Gasteiger partial charge is 0.504 e. The third-order valence-corrected chi connectivity index (χ3v) is 4.46. The van der Waals surface area contributed by atoms with Gasteiger partial charge in [0.15, 0.2) is 16.7 Å². The number of halogens is 1. The highest BCUT2D eigenvalue weighted by molar-refractivity contribution is 8.18. The lowest BCUT2D eigenvalue weighted by atomic mass is 10.2. The number of amides is 1. The number of hydrogen-bond donors (Lipinski definition) is 2. The van der Waals surface area contributed by atoms with Gasteiger partial charge < -0.3 is 15.2 Å². The van der Waals surface area contributed by atoms with Gasteiger partial charge in [0.25, 0.3) is 5.91 Å². The van der Waals surface area contributed by atoms with E-state index in [9.17, 15) is 9.90 Å². The van der Waals surface area contributed by atoms with Crippen molar-refractivity contribution in [3.63, 3.8) is 0 Å². The van der Waals surface area contributed by atoms with Gasteiger partial charge in [0.2, 0.25) is 0 Å². The number of para-hydroxylation sites is 1. The highest BCUT2D eigenvalue weighted by Crippen LogP contribution is 2.32. The summed E-state index contributed by atoms with van der Waals surface area (Å²) < 4.78 is 5.07. The summed E-state index contributed by atoms with van der Waals surface area (Å²) in [6, 6.07) is 12.0. The Hall–Kier alpha value is -2.44. The van der Waals surface area contributed by atoms with E-state index in [-0.39, 0.29) is 11.7 Å². The highest BCUT2D eigenvalue weighted by atomic mass is 35.5. The van der Waals surface area contributed by atoms with Crippen LogP contribution in [0.25, 0.3) is 6.08 Å². The SMILES string of the molecule is COc1cc(/C=C2/SC(=Nc3ccccc3Cl)NC2=O)ccc1O. The van der Waals surface area contributed by atoms with Gasteiger partial charge in [-0.05, 0) is 47.7 Å². The summed E-state index contributed by atoms with van der Waals surface area (Å²) in [5.74, 6) is 0.153. The number of phenols is 1. The van der Waals surface area contributed by atoms with Crippen molar-refractivity contribution in [1.29, 1.82) is 0 Å². The second kappa shape index (κ2) is 6.98. The zero-order valence-electron chi connectivity index (χ0n) is 12.6. The molecule has 1 heterocycles. The minimum absolute atomic E-state index is 0.0455. The molecule has 0 unspecified atom stereocenters. The van der Waals surface area contributed by atoms with E-state index in [0.717, 1.165) is 5.56 Å². The van der Waals surface area contributed by atoms with Crippen molar-refractivity contribution < 1.29 is 14.6 Å². The summed E-state index contributed by atoms with van der Waals surface area (Å²) >= 11 is 7.30. The molecule has 3 rings (SSSR count). The molecular formula is C17H13ClN2O3S. The zero-order chi connectivity index (χ0) is 17.1. The van der Waals surface area contributed by atoms with Crippen molar-refractivity contribution >= 4 is 46.2 Å². The average Bonchev–Trinajstić information content (AvgIpc) is 2.91. The first-order valence-corrected chi connectivity index (χ1v) is 8.17. The van der Waals surface area contributed by atoms with E-state index in [1.165, 1.54) is 24.9 Å². The van der Waals surface area contributed by atoms with Gasteiger partial charge in [0.1, 0.15) is 0 Å². The molecule has 0 aliphatic carbocycles. The summed E-state index contributed by atoms with van der Waals surface area (Å²) in [6.07, 6.45) is 1.71. The van der Waals surface area contributed by atoms with Gasteiger partial charge in [-0.15, -0.1) is 0 Å². The van der Waals surface area contributed by atoms with E-state index in [2.05, 4.69) is 10.3 Å². The Morgan fingerprint density at radius 2 is 2.08 bits per heavy atom. The molecule has 0 spiro atoms. The number of nitrogens with one attached hydrogen (secondary N) is 1. The number of carbonyl (C=O) groups excluding carboxylic acids is 1. The molecule has 5 nitrogen and oxygen atoms in total. The molecule has 2 aromatic carbocycles. The van der Waals surface area contributed by atoms with Gasteiger partial charge in [-0.3, -0.25) is 4.79 Å². The lowest BCUT2D eigenvalue weighted by Crippen LogP contribution is -2.19. The van der Waals surface area contributed by atoms with Crippen LogP contribution in [0.1, 0.15) is 5.56 Å². The molecule has 0 radical (unpaired) electrons. The molecule has 1 amide bonds. The van der Waals surface area contributed by atoms with Crippen molar-refractivity contribution in [3.05, 3.63) is 58.0 Å². The summed E-state index contributed by atoms with van der Waals surface area (Å²) in [5, 5.41) is 13.3. The quantitative estimate of drug-likeness (QED) is 0.813. The molecule has 122 valence electrons. The number of phenolic OH excluding ortho intramolecular Hbond substituents is 1.